The molecule has 0 saturated heterocycles. The van der Waals surface area contributed by atoms with E-state index in [0.717, 1.165) is 6.08 Å². The molecule has 0 radical (unpaired) electrons. The standard InChI is InChI=1S/C10H8ClNO3/c11-8-3-1-2-7(10(14)15)6(8)4-5-9(12)13/h1-5H,(H2,12,13)(H,14,15). The maximum Gasteiger partial charge on any atom is 0.336 e. The third-order valence-corrected chi connectivity index (χ3v) is 2.03. The number of nitrogens with two attached hydrogens (primary N) is 1. The molecule has 5 heteroatoms. The van der Waals surface area contributed by atoms with E-state index < -0.39 is 11.9 Å². The summed E-state index contributed by atoms with van der Waals surface area (Å²) in [5.41, 5.74) is 5.20. The van der Waals surface area contributed by atoms with Crippen LogP contribution in [0.15, 0.2) is 24.3 Å². The highest BCUT2D eigenvalue weighted by Crippen LogP contribution is 2.21. The van der Waals surface area contributed by atoms with Crippen LogP contribution in [0.25, 0.3) is 6.08 Å². The molecule has 0 spiro atoms. The predicted octanol–water partition coefficient (Wildman–Crippen LogP) is 1.54. The summed E-state index contributed by atoms with van der Waals surface area (Å²) in [5, 5.41) is 9.10. The lowest BCUT2D eigenvalue weighted by molar-refractivity contribution is -0.113. The van der Waals surface area contributed by atoms with Crippen LogP contribution in [0.2, 0.25) is 5.02 Å². The largest absolute Gasteiger partial charge is 0.478 e. The molecule has 0 aliphatic carbocycles. The molecule has 0 atom stereocenters. The van der Waals surface area contributed by atoms with Gasteiger partial charge in [0.1, 0.15) is 0 Å². The molecule has 1 aromatic carbocycles. The molecule has 3 N–H and O–H groups in total. The van der Waals surface area contributed by atoms with Gasteiger partial charge in [0.2, 0.25) is 5.91 Å². The predicted molar refractivity (Wildman–Crippen MR) is 56.6 cm³/mol. The number of aromatic carboxylic acids is 1. The topological polar surface area (TPSA) is 80.4 Å². The van der Waals surface area contributed by atoms with Gasteiger partial charge in [-0.25, -0.2) is 4.79 Å². The van der Waals surface area contributed by atoms with E-state index in [-0.39, 0.29) is 16.1 Å². The lowest BCUT2D eigenvalue weighted by atomic mass is 10.1. The highest BCUT2D eigenvalue weighted by Gasteiger charge is 2.10. The molecule has 0 aromatic heterocycles. The van der Waals surface area contributed by atoms with E-state index in [0.29, 0.717) is 0 Å². The normalized spacial score (nSPS) is 10.5. The summed E-state index contributed by atoms with van der Waals surface area (Å²) < 4.78 is 0. The van der Waals surface area contributed by atoms with Crippen LogP contribution in [-0.4, -0.2) is 17.0 Å². The Hall–Kier alpha value is -1.81. The first-order chi connectivity index (χ1) is 7.02. The van der Waals surface area contributed by atoms with Crippen LogP contribution in [0.4, 0.5) is 0 Å². The maximum absolute atomic E-state index is 10.8. The minimum Gasteiger partial charge on any atom is -0.478 e. The first kappa shape index (κ1) is 11.3. The molecule has 0 aliphatic heterocycles. The zero-order valence-electron chi connectivity index (χ0n) is 7.61. The Labute approximate surface area is 91.0 Å². The highest BCUT2D eigenvalue weighted by molar-refractivity contribution is 6.32. The fourth-order valence-electron chi connectivity index (χ4n) is 1.06. The van der Waals surface area contributed by atoms with E-state index in [1.165, 1.54) is 24.3 Å². The number of carboxylic acids is 1. The average molecular weight is 226 g/mol. The summed E-state index contributed by atoms with van der Waals surface area (Å²) in [7, 11) is 0. The quantitative estimate of drug-likeness (QED) is 0.766. The van der Waals surface area contributed by atoms with E-state index in [1.54, 1.807) is 0 Å². The van der Waals surface area contributed by atoms with Crippen LogP contribution in [0.5, 0.6) is 0 Å². The van der Waals surface area contributed by atoms with Crippen molar-refractivity contribution in [2.24, 2.45) is 5.73 Å². The third-order valence-electron chi connectivity index (χ3n) is 1.70. The van der Waals surface area contributed by atoms with Gasteiger partial charge in [-0.1, -0.05) is 17.7 Å². The smallest absolute Gasteiger partial charge is 0.336 e. The molecule has 0 aliphatic rings. The van der Waals surface area contributed by atoms with Crippen LogP contribution < -0.4 is 5.73 Å². The monoisotopic (exact) mass is 225 g/mol. The molecular formula is C10H8ClNO3. The number of rotatable bonds is 3. The van der Waals surface area contributed by atoms with Crippen molar-refractivity contribution >= 4 is 29.6 Å². The second kappa shape index (κ2) is 4.61. The second-order valence-corrected chi connectivity index (χ2v) is 3.15. The van der Waals surface area contributed by atoms with E-state index in [1.807, 2.05) is 0 Å². The van der Waals surface area contributed by atoms with Gasteiger partial charge in [0, 0.05) is 16.7 Å². The number of primary amides is 1. The van der Waals surface area contributed by atoms with E-state index >= 15 is 0 Å². The lowest BCUT2D eigenvalue weighted by Gasteiger charge is -2.02. The maximum atomic E-state index is 10.8. The summed E-state index contributed by atoms with van der Waals surface area (Å²) in [6, 6.07) is 4.46. The fraction of sp³-hybridized carbons (Fsp3) is 0. The van der Waals surface area contributed by atoms with Crippen molar-refractivity contribution in [3.8, 4) is 0 Å². The molecule has 0 saturated carbocycles. The summed E-state index contributed by atoms with van der Waals surface area (Å²) in [5.74, 6) is -1.77. The molecule has 0 heterocycles. The fourth-order valence-corrected chi connectivity index (χ4v) is 1.30. The lowest BCUT2D eigenvalue weighted by Crippen LogP contribution is -2.06. The minimum atomic E-state index is -1.11. The van der Waals surface area contributed by atoms with Gasteiger partial charge < -0.3 is 10.8 Å². The van der Waals surface area contributed by atoms with E-state index in [4.69, 9.17) is 22.4 Å². The first-order valence-electron chi connectivity index (χ1n) is 4.01. The van der Waals surface area contributed by atoms with Gasteiger partial charge in [-0.3, -0.25) is 4.79 Å². The summed E-state index contributed by atoms with van der Waals surface area (Å²) in [6.07, 6.45) is 2.35. The van der Waals surface area contributed by atoms with E-state index in [9.17, 15) is 9.59 Å². The summed E-state index contributed by atoms with van der Waals surface area (Å²) in [4.78, 5) is 21.3. The van der Waals surface area contributed by atoms with Gasteiger partial charge in [-0.05, 0) is 18.2 Å². The zero-order chi connectivity index (χ0) is 11.4. The number of carbonyl (C=O) groups is 2. The van der Waals surface area contributed by atoms with Gasteiger partial charge >= 0.3 is 5.97 Å². The molecule has 15 heavy (non-hydrogen) atoms. The zero-order valence-corrected chi connectivity index (χ0v) is 8.36. The van der Waals surface area contributed by atoms with Crippen LogP contribution in [0.3, 0.4) is 0 Å². The Morgan fingerprint density at radius 1 is 1.40 bits per heavy atom. The number of hydrogen-bond acceptors (Lipinski definition) is 2. The van der Waals surface area contributed by atoms with Gasteiger partial charge in [0.25, 0.3) is 0 Å². The third kappa shape index (κ3) is 2.82. The van der Waals surface area contributed by atoms with Crippen molar-refractivity contribution in [3.05, 3.63) is 40.4 Å². The van der Waals surface area contributed by atoms with Crippen molar-refractivity contribution in [2.45, 2.75) is 0 Å². The van der Waals surface area contributed by atoms with Gasteiger partial charge in [-0.2, -0.15) is 0 Å². The Kier molecular flexibility index (Phi) is 3.46. The van der Waals surface area contributed by atoms with Gasteiger partial charge in [0.15, 0.2) is 0 Å². The number of amides is 1. The number of carboxylic acid groups (broad SMARTS) is 1. The molecule has 1 amide bonds. The first-order valence-corrected chi connectivity index (χ1v) is 4.39. The Morgan fingerprint density at radius 3 is 2.60 bits per heavy atom. The number of halogens is 1. The average Bonchev–Trinajstić information content (AvgIpc) is 2.15. The summed E-state index contributed by atoms with van der Waals surface area (Å²) in [6.45, 7) is 0. The molecule has 1 aromatic rings. The number of carbonyl (C=O) groups excluding carboxylic acids is 1. The van der Waals surface area contributed by atoms with Crippen LogP contribution >= 0.6 is 11.6 Å². The van der Waals surface area contributed by atoms with Crippen molar-refractivity contribution in [1.82, 2.24) is 0 Å². The molecule has 1 rings (SSSR count). The van der Waals surface area contributed by atoms with Crippen molar-refractivity contribution in [1.29, 1.82) is 0 Å². The number of hydrogen-bond donors (Lipinski definition) is 2. The van der Waals surface area contributed by atoms with Crippen LogP contribution in [0.1, 0.15) is 15.9 Å². The SMILES string of the molecule is NC(=O)C=Cc1c(Cl)cccc1C(=O)O. The molecular weight excluding hydrogens is 218 g/mol. The highest BCUT2D eigenvalue weighted by atomic mass is 35.5. The molecule has 0 bridgehead atoms. The van der Waals surface area contributed by atoms with Gasteiger partial charge in [-0.15, -0.1) is 0 Å². The molecule has 0 fully saturated rings. The van der Waals surface area contributed by atoms with Crippen LogP contribution in [-0.2, 0) is 4.79 Å². The Balaban J connectivity index is 3.25. The van der Waals surface area contributed by atoms with Crippen LogP contribution in [0, 0.1) is 0 Å². The molecule has 78 valence electrons. The van der Waals surface area contributed by atoms with Gasteiger partial charge in [0.05, 0.1) is 5.56 Å². The minimum absolute atomic E-state index is 0.0278. The van der Waals surface area contributed by atoms with Crippen molar-refractivity contribution in [3.63, 3.8) is 0 Å². The van der Waals surface area contributed by atoms with Crippen molar-refractivity contribution in [2.75, 3.05) is 0 Å². The molecule has 4 nitrogen and oxygen atoms in total. The summed E-state index contributed by atoms with van der Waals surface area (Å²) >= 11 is 5.79. The molecule has 0 unspecified atom stereocenters. The number of benzene rings is 1. The Morgan fingerprint density at radius 2 is 2.07 bits per heavy atom. The van der Waals surface area contributed by atoms with Crippen molar-refractivity contribution < 1.29 is 14.7 Å². The Bertz CT molecular complexity index is 440. The second-order valence-electron chi connectivity index (χ2n) is 2.74. The van der Waals surface area contributed by atoms with E-state index in [2.05, 4.69) is 0 Å².